The predicted octanol–water partition coefficient (Wildman–Crippen LogP) is 7.40. The van der Waals surface area contributed by atoms with Gasteiger partial charge in [-0.15, -0.1) is 11.8 Å². The minimum Gasteiger partial charge on any atom is -0.336 e. The van der Waals surface area contributed by atoms with Gasteiger partial charge in [0.2, 0.25) is 0 Å². The Labute approximate surface area is 181 Å². The van der Waals surface area contributed by atoms with E-state index in [4.69, 9.17) is 34.8 Å². The van der Waals surface area contributed by atoms with Crippen LogP contribution in [0.25, 0.3) is 0 Å². The van der Waals surface area contributed by atoms with Gasteiger partial charge in [0.15, 0.2) is 0 Å². The largest absolute Gasteiger partial charge is 0.336 e. The molecule has 2 aromatic carbocycles. The first kappa shape index (κ1) is 20.1. The summed E-state index contributed by atoms with van der Waals surface area (Å²) in [4.78, 5) is 5.01. The number of halogens is 4. The Balaban J connectivity index is 1.76. The van der Waals surface area contributed by atoms with E-state index < -0.39 is 0 Å². The average Bonchev–Trinajstić information content (AvgIpc) is 3.10. The standard InChI is InChI=1S/C19H16BrCl3N2S/c20-14-4-1-13(2-5-14)3-6-16(11-25-8-7-24-12-25)26-19-17(22)9-15(21)10-18(19)23/h1-2,4-5,7-10,12,16H,3,6,11H2. The number of thioether (sulfide) groups is 1. The van der Waals surface area contributed by atoms with E-state index in [9.17, 15) is 0 Å². The highest BCUT2D eigenvalue weighted by molar-refractivity contribution is 9.10. The molecular weight excluding hydrogens is 475 g/mol. The molecule has 3 rings (SSSR count). The fraction of sp³-hybridized carbons (Fsp3) is 0.211. The van der Waals surface area contributed by atoms with Gasteiger partial charge in [-0.25, -0.2) is 4.98 Å². The lowest BCUT2D eigenvalue weighted by molar-refractivity contribution is 0.624. The van der Waals surface area contributed by atoms with Gasteiger partial charge < -0.3 is 4.57 Å². The molecule has 1 aromatic heterocycles. The summed E-state index contributed by atoms with van der Waals surface area (Å²) in [6, 6.07) is 11.9. The Bertz CT molecular complexity index is 831. The van der Waals surface area contributed by atoms with E-state index in [1.165, 1.54) is 5.56 Å². The van der Waals surface area contributed by atoms with Crippen molar-refractivity contribution < 1.29 is 0 Å². The van der Waals surface area contributed by atoms with Crippen LogP contribution in [0.2, 0.25) is 15.1 Å². The van der Waals surface area contributed by atoms with E-state index >= 15 is 0 Å². The lowest BCUT2D eigenvalue weighted by Crippen LogP contribution is -2.13. The molecule has 0 N–H and O–H groups in total. The third-order valence-electron chi connectivity index (χ3n) is 3.89. The minimum atomic E-state index is 0.295. The van der Waals surface area contributed by atoms with Crippen molar-refractivity contribution in [3.8, 4) is 0 Å². The molecule has 0 bridgehead atoms. The normalized spacial score (nSPS) is 12.3. The lowest BCUT2D eigenvalue weighted by atomic mass is 10.1. The van der Waals surface area contributed by atoms with Crippen LogP contribution in [-0.4, -0.2) is 14.8 Å². The van der Waals surface area contributed by atoms with E-state index in [1.54, 1.807) is 30.1 Å². The summed E-state index contributed by atoms with van der Waals surface area (Å²) in [7, 11) is 0. The van der Waals surface area contributed by atoms with Crippen molar-refractivity contribution in [1.82, 2.24) is 9.55 Å². The number of aromatic nitrogens is 2. The molecule has 1 heterocycles. The first-order valence-electron chi connectivity index (χ1n) is 8.02. The Morgan fingerprint density at radius 3 is 2.38 bits per heavy atom. The van der Waals surface area contributed by atoms with E-state index in [1.807, 2.05) is 12.5 Å². The lowest BCUT2D eigenvalue weighted by Gasteiger charge is -2.19. The highest BCUT2D eigenvalue weighted by Crippen LogP contribution is 2.40. The van der Waals surface area contributed by atoms with Crippen molar-refractivity contribution in [2.24, 2.45) is 0 Å². The molecule has 0 saturated heterocycles. The average molecular weight is 491 g/mol. The quantitative estimate of drug-likeness (QED) is 0.321. The van der Waals surface area contributed by atoms with Crippen molar-refractivity contribution in [2.75, 3.05) is 0 Å². The Morgan fingerprint density at radius 2 is 1.77 bits per heavy atom. The number of benzene rings is 2. The number of rotatable bonds is 7. The minimum absolute atomic E-state index is 0.295. The van der Waals surface area contributed by atoms with Crippen molar-refractivity contribution in [3.63, 3.8) is 0 Å². The molecule has 0 saturated carbocycles. The molecule has 0 aliphatic heterocycles. The molecule has 0 aliphatic carbocycles. The highest BCUT2D eigenvalue weighted by Gasteiger charge is 2.17. The van der Waals surface area contributed by atoms with Crippen molar-refractivity contribution in [2.45, 2.75) is 29.5 Å². The predicted molar refractivity (Wildman–Crippen MR) is 116 cm³/mol. The van der Waals surface area contributed by atoms with Gasteiger partial charge in [-0.05, 0) is 42.7 Å². The Morgan fingerprint density at radius 1 is 1.08 bits per heavy atom. The number of hydrogen-bond acceptors (Lipinski definition) is 2. The maximum Gasteiger partial charge on any atom is 0.0946 e. The van der Waals surface area contributed by atoms with Gasteiger partial charge in [-0.2, -0.15) is 0 Å². The van der Waals surface area contributed by atoms with Crippen molar-refractivity contribution in [1.29, 1.82) is 0 Å². The Hall–Kier alpha value is -0.650. The molecule has 136 valence electrons. The number of hydrogen-bond donors (Lipinski definition) is 0. The van der Waals surface area contributed by atoms with Gasteiger partial charge >= 0.3 is 0 Å². The molecule has 7 heteroatoms. The van der Waals surface area contributed by atoms with Crippen LogP contribution in [0.3, 0.4) is 0 Å². The molecule has 26 heavy (non-hydrogen) atoms. The van der Waals surface area contributed by atoms with Gasteiger partial charge in [-0.3, -0.25) is 0 Å². The van der Waals surface area contributed by atoms with Crippen LogP contribution >= 0.6 is 62.5 Å². The van der Waals surface area contributed by atoms with Gasteiger partial charge in [-0.1, -0.05) is 62.9 Å². The van der Waals surface area contributed by atoms with Crippen molar-refractivity contribution in [3.05, 3.63) is 80.2 Å². The number of imidazole rings is 1. The van der Waals surface area contributed by atoms with Gasteiger partial charge in [0, 0.05) is 38.6 Å². The molecule has 1 unspecified atom stereocenters. The highest BCUT2D eigenvalue weighted by atomic mass is 79.9. The van der Waals surface area contributed by atoms with Crippen LogP contribution in [0.1, 0.15) is 12.0 Å². The SMILES string of the molecule is Clc1cc(Cl)c(SC(CCc2ccc(Br)cc2)Cn2ccnc2)c(Cl)c1. The zero-order valence-electron chi connectivity index (χ0n) is 13.7. The molecule has 0 amide bonds. The maximum absolute atomic E-state index is 6.38. The van der Waals surface area contributed by atoms with Crippen LogP contribution in [-0.2, 0) is 13.0 Å². The van der Waals surface area contributed by atoms with E-state index in [0.29, 0.717) is 20.3 Å². The van der Waals surface area contributed by atoms with Crippen molar-refractivity contribution >= 4 is 62.5 Å². The number of nitrogens with zero attached hydrogens (tertiary/aromatic N) is 2. The van der Waals surface area contributed by atoms with Crippen LogP contribution in [0.5, 0.6) is 0 Å². The summed E-state index contributed by atoms with van der Waals surface area (Å²) in [5, 5.41) is 2.02. The molecule has 0 fully saturated rings. The molecular formula is C19H16BrCl3N2S. The van der Waals surface area contributed by atoms with E-state index in [2.05, 4.69) is 49.7 Å². The van der Waals surface area contributed by atoms with Gasteiger partial charge in [0.05, 0.1) is 16.4 Å². The monoisotopic (exact) mass is 488 g/mol. The van der Waals surface area contributed by atoms with E-state index in [-0.39, 0.29) is 0 Å². The summed E-state index contributed by atoms with van der Waals surface area (Å²) in [6.45, 7) is 0.830. The fourth-order valence-electron chi connectivity index (χ4n) is 2.60. The van der Waals surface area contributed by atoms with Crippen LogP contribution < -0.4 is 0 Å². The fourth-order valence-corrected chi connectivity index (χ4v) is 5.11. The summed E-state index contributed by atoms with van der Waals surface area (Å²) < 4.78 is 3.17. The second-order valence-corrected chi connectivity index (χ2v) is 9.34. The molecule has 0 spiro atoms. The molecule has 3 aromatic rings. The third-order valence-corrected chi connectivity index (χ3v) is 6.85. The third kappa shape index (κ3) is 5.67. The molecule has 1 atom stereocenters. The maximum atomic E-state index is 6.38. The smallest absolute Gasteiger partial charge is 0.0946 e. The summed E-state index contributed by atoms with van der Waals surface area (Å²) >= 11 is 24.0. The second kappa shape index (κ2) is 9.52. The van der Waals surface area contributed by atoms with Crippen LogP contribution in [0.4, 0.5) is 0 Å². The summed E-state index contributed by atoms with van der Waals surface area (Å²) in [5.74, 6) is 0. The van der Waals surface area contributed by atoms with Crippen LogP contribution in [0.15, 0.2) is 64.5 Å². The Kier molecular flexibility index (Phi) is 7.35. The summed E-state index contributed by atoms with van der Waals surface area (Å²) in [5.41, 5.74) is 1.30. The zero-order valence-corrected chi connectivity index (χ0v) is 18.4. The second-order valence-electron chi connectivity index (χ2n) is 5.86. The molecule has 0 aliphatic rings. The van der Waals surface area contributed by atoms with Crippen LogP contribution in [0, 0.1) is 0 Å². The first-order valence-corrected chi connectivity index (χ1v) is 10.8. The first-order chi connectivity index (χ1) is 12.5. The molecule has 0 radical (unpaired) electrons. The van der Waals surface area contributed by atoms with Gasteiger partial charge in [0.25, 0.3) is 0 Å². The summed E-state index contributed by atoms with van der Waals surface area (Å²) in [6.07, 6.45) is 7.55. The number of aryl methyl sites for hydroxylation is 1. The zero-order chi connectivity index (χ0) is 18.5. The van der Waals surface area contributed by atoms with E-state index in [0.717, 1.165) is 28.8 Å². The van der Waals surface area contributed by atoms with Gasteiger partial charge in [0.1, 0.15) is 0 Å². The molecule has 2 nitrogen and oxygen atoms in total. The topological polar surface area (TPSA) is 17.8 Å².